The second kappa shape index (κ2) is 6.49. The van der Waals surface area contributed by atoms with E-state index in [0.29, 0.717) is 22.6 Å². The zero-order valence-corrected chi connectivity index (χ0v) is 15.6. The topological polar surface area (TPSA) is 112 Å². The van der Waals surface area contributed by atoms with Gasteiger partial charge in [0.2, 0.25) is 0 Å². The van der Waals surface area contributed by atoms with Crippen LogP contribution in [-0.2, 0) is 9.59 Å². The molecule has 1 fully saturated rings. The van der Waals surface area contributed by atoms with Gasteiger partial charge in [-0.3, -0.25) is 19.5 Å². The molecule has 1 amide bonds. The molecular weight excluding hydrogens is 360 g/mol. The SMILES string of the molecule is Cc1cc(N2C(=O)C(=O)/C(=C(/O)c3c(C)c[nH]c3C)C2c2ccncc2)no1. The molecule has 3 aromatic rings. The van der Waals surface area contributed by atoms with E-state index >= 15 is 0 Å². The van der Waals surface area contributed by atoms with Crippen LogP contribution in [0.1, 0.15) is 34.2 Å². The van der Waals surface area contributed by atoms with Crippen molar-refractivity contribution in [2.24, 2.45) is 0 Å². The Balaban J connectivity index is 1.98. The molecule has 8 heteroatoms. The number of hydrogen-bond donors (Lipinski definition) is 2. The van der Waals surface area contributed by atoms with Crippen molar-refractivity contribution in [3.63, 3.8) is 0 Å². The van der Waals surface area contributed by atoms with Crippen LogP contribution in [-0.4, -0.2) is 31.9 Å². The first kappa shape index (κ1) is 17.7. The number of hydrogen-bond acceptors (Lipinski definition) is 6. The monoisotopic (exact) mass is 378 g/mol. The number of H-pyrrole nitrogens is 1. The highest BCUT2D eigenvalue weighted by Crippen LogP contribution is 2.42. The minimum atomic E-state index is -0.846. The Labute approximate surface area is 160 Å². The number of Topliss-reactive ketones (excluding diaryl/α,β-unsaturated/α-hetero) is 1. The van der Waals surface area contributed by atoms with Gasteiger partial charge in [0.05, 0.1) is 11.6 Å². The molecule has 1 unspecified atom stereocenters. The zero-order chi connectivity index (χ0) is 20.0. The number of aromatic amines is 1. The Morgan fingerprint density at radius 1 is 1.21 bits per heavy atom. The molecule has 3 aromatic heterocycles. The first-order valence-corrected chi connectivity index (χ1v) is 8.69. The van der Waals surface area contributed by atoms with Crippen LogP contribution in [0.4, 0.5) is 5.82 Å². The third-order valence-electron chi connectivity index (χ3n) is 4.84. The van der Waals surface area contributed by atoms with Crippen LogP contribution in [0, 0.1) is 20.8 Å². The number of anilines is 1. The first-order valence-electron chi connectivity index (χ1n) is 8.69. The van der Waals surface area contributed by atoms with Crippen LogP contribution in [0.2, 0.25) is 0 Å². The Bertz CT molecular complexity index is 1090. The van der Waals surface area contributed by atoms with E-state index in [2.05, 4.69) is 15.1 Å². The summed E-state index contributed by atoms with van der Waals surface area (Å²) in [6, 6.07) is 4.12. The molecule has 0 radical (unpaired) electrons. The summed E-state index contributed by atoms with van der Waals surface area (Å²) in [5, 5.41) is 15.0. The number of amides is 1. The summed E-state index contributed by atoms with van der Waals surface area (Å²) in [7, 11) is 0. The maximum absolute atomic E-state index is 12.9. The average Bonchev–Trinajstić information content (AvgIpc) is 3.33. The molecule has 0 spiro atoms. The average molecular weight is 378 g/mol. The van der Waals surface area contributed by atoms with Gasteiger partial charge in [-0.15, -0.1) is 0 Å². The van der Waals surface area contributed by atoms with Crippen molar-refractivity contribution in [3.8, 4) is 0 Å². The van der Waals surface area contributed by atoms with Gasteiger partial charge in [-0.1, -0.05) is 5.16 Å². The van der Waals surface area contributed by atoms with Crippen molar-refractivity contribution in [2.45, 2.75) is 26.8 Å². The molecule has 4 heterocycles. The summed E-state index contributed by atoms with van der Waals surface area (Å²) in [5.74, 6) is -1.06. The minimum absolute atomic E-state index is 0.00246. The van der Waals surface area contributed by atoms with Crippen molar-refractivity contribution in [1.82, 2.24) is 15.1 Å². The number of ketones is 1. The molecule has 0 saturated carbocycles. The predicted octanol–water partition coefficient (Wildman–Crippen LogP) is 2.95. The van der Waals surface area contributed by atoms with Gasteiger partial charge in [0.1, 0.15) is 11.5 Å². The highest BCUT2D eigenvalue weighted by atomic mass is 16.5. The number of aliphatic hydroxyl groups excluding tert-OH is 1. The second-order valence-electron chi connectivity index (χ2n) is 6.72. The van der Waals surface area contributed by atoms with Crippen molar-refractivity contribution >= 4 is 23.3 Å². The number of aromatic nitrogens is 3. The number of nitrogens with one attached hydrogen (secondary N) is 1. The Morgan fingerprint density at radius 2 is 1.93 bits per heavy atom. The summed E-state index contributed by atoms with van der Waals surface area (Å²) in [6.07, 6.45) is 4.87. The smallest absolute Gasteiger partial charge is 0.301 e. The van der Waals surface area contributed by atoms with Gasteiger partial charge < -0.3 is 14.6 Å². The molecule has 28 heavy (non-hydrogen) atoms. The number of nitrogens with zero attached hydrogens (tertiary/aromatic N) is 3. The highest BCUT2D eigenvalue weighted by Gasteiger charge is 2.48. The number of aryl methyl sites for hydroxylation is 3. The molecule has 8 nitrogen and oxygen atoms in total. The summed E-state index contributed by atoms with van der Waals surface area (Å²) in [6.45, 7) is 5.30. The molecule has 0 aromatic carbocycles. The van der Waals surface area contributed by atoms with Crippen molar-refractivity contribution in [1.29, 1.82) is 0 Å². The second-order valence-corrected chi connectivity index (χ2v) is 6.72. The molecule has 4 rings (SSSR count). The van der Waals surface area contributed by atoms with Crippen molar-refractivity contribution in [2.75, 3.05) is 4.90 Å². The van der Waals surface area contributed by atoms with Crippen molar-refractivity contribution < 1.29 is 19.2 Å². The standard InChI is InChI=1S/C20H18N4O4/c1-10-9-22-12(3)15(10)18(25)16-17(13-4-6-21-7-5-13)24(20(27)19(16)26)14-8-11(2)28-23-14/h4-9,17,22,25H,1-3H3/b18-16+. The number of rotatable bonds is 3. The van der Waals surface area contributed by atoms with E-state index in [4.69, 9.17) is 4.52 Å². The first-order chi connectivity index (χ1) is 13.4. The number of carbonyl (C=O) groups excluding carboxylic acids is 2. The van der Waals surface area contributed by atoms with E-state index in [-0.39, 0.29) is 17.2 Å². The normalized spacial score (nSPS) is 18.8. The lowest BCUT2D eigenvalue weighted by molar-refractivity contribution is -0.132. The van der Waals surface area contributed by atoms with Crippen LogP contribution in [0.3, 0.4) is 0 Å². The molecule has 142 valence electrons. The lowest BCUT2D eigenvalue weighted by atomic mass is 9.95. The fourth-order valence-corrected chi connectivity index (χ4v) is 3.55. The predicted molar refractivity (Wildman–Crippen MR) is 101 cm³/mol. The van der Waals surface area contributed by atoms with Crippen LogP contribution in [0.5, 0.6) is 0 Å². The van der Waals surface area contributed by atoms with Crippen LogP contribution in [0.15, 0.2) is 46.9 Å². The third-order valence-corrected chi connectivity index (χ3v) is 4.84. The van der Waals surface area contributed by atoms with E-state index in [0.717, 1.165) is 5.56 Å². The quantitative estimate of drug-likeness (QED) is 0.412. The fourth-order valence-electron chi connectivity index (χ4n) is 3.55. The van der Waals surface area contributed by atoms with Gasteiger partial charge >= 0.3 is 5.91 Å². The maximum atomic E-state index is 12.9. The largest absolute Gasteiger partial charge is 0.507 e. The summed E-state index contributed by atoms with van der Waals surface area (Å²) in [5.41, 5.74) is 2.61. The fraction of sp³-hybridized carbons (Fsp3) is 0.200. The van der Waals surface area contributed by atoms with Gasteiger partial charge in [-0.25, -0.2) is 0 Å². The molecule has 1 aliphatic rings. The number of pyridine rings is 1. The number of aliphatic hydroxyl groups is 1. The van der Waals surface area contributed by atoms with E-state index in [9.17, 15) is 14.7 Å². The molecule has 2 N–H and O–H groups in total. The van der Waals surface area contributed by atoms with E-state index in [1.54, 1.807) is 50.6 Å². The summed E-state index contributed by atoms with van der Waals surface area (Å²) in [4.78, 5) is 34.1. The highest BCUT2D eigenvalue weighted by molar-refractivity contribution is 6.51. The van der Waals surface area contributed by atoms with Crippen LogP contribution < -0.4 is 4.90 Å². The molecule has 0 bridgehead atoms. The van der Waals surface area contributed by atoms with Gasteiger partial charge in [-0.05, 0) is 44.0 Å². The summed E-state index contributed by atoms with van der Waals surface area (Å²) < 4.78 is 5.10. The minimum Gasteiger partial charge on any atom is -0.507 e. The Kier molecular flexibility index (Phi) is 4.11. The molecule has 0 aliphatic carbocycles. The molecule has 1 atom stereocenters. The van der Waals surface area contributed by atoms with Crippen LogP contribution in [0.25, 0.3) is 5.76 Å². The van der Waals surface area contributed by atoms with Crippen LogP contribution >= 0.6 is 0 Å². The molecule has 1 aliphatic heterocycles. The number of carbonyl (C=O) groups is 2. The maximum Gasteiger partial charge on any atom is 0.301 e. The lowest BCUT2D eigenvalue weighted by Gasteiger charge is -2.22. The van der Waals surface area contributed by atoms with E-state index < -0.39 is 17.7 Å². The molecular formula is C20H18N4O4. The van der Waals surface area contributed by atoms with Crippen molar-refractivity contribution in [3.05, 3.63) is 70.5 Å². The van der Waals surface area contributed by atoms with Gasteiger partial charge in [-0.2, -0.15) is 0 Å². The Morgan fingerprint density at radius 3 is 2.50 bits per heavy atom. The zero-order valence-electron chi connectivity index (χ0n) is 15.6. The third kappa shape index (κ3) is 2.61. The van der Waals surface area contributed by atoms with E-state index in [1.165, 1.54) is 4.90 Å². The van der Waals surface area contributed by atoms with E-state index in [1.807, 2.05) is 6.92 Å². The lowest BCUT2D eigenvalue weighted by Crippen LogP contribution is -2.29. The van der Waals surface area contributed by atoms with Gasteiger partial charge in [0.25, 0.3) is 5.78 Å². The van der Waals surface area contributed by atoms with Gasteiger partial charge in [0.15, 0.2) is 5.82 Å². The van der Waals surface area contributed by atoms with Gasteiger partial charge in [0, 0.05) is 35.9 Å². The molecule has 1 saturated heterocycles. The summed E-state index contributed by atoms with van der Waals surface area (Å²) >= 11 is 0. The Hall–Kier alpha value is -3.68.